The Morgan fingerprint density at radius 3 is 2.56 bits per heavy atom. The van der Waals surface area contributed by atoms with E-state index in [-0.39, 0.29) is 15.6 Å². The van der Waals surface area contributed by atoms with Gasteiger partial charge in [0.15, 0.2) is 5.82 Å². The summed E-state index contributed by atoms with van der Waals surface area (Å²) in [5.74, 6) is -0.261. The number of hydrogen-bond acceptors (Lipinski definition) is 5. The lowest BCUT2D eigenvalue weighted by molar-refractivity contribution is 0.598. The monoisotopic (exact) mass is 381 g/mol. The van der Waals surface area contributed by atoms with Gasteiger partial charge in [0.2, 0.25) is 0 Å². The number of rotatable bonds is 4. The molecule has 0 fully saturated rings. The second kappa shape index (κ2) is 6.41. The first kappa shape index (κ1) is 17.3. The van der Waals surface area contributed by atoms with E-state index in [1.165, 1.54) is 28.9 Å². The van der Waals surface area contributed by atoms with Gasteiger partial charge in [-0.1, -0.05) is 17.7 Å². The standard InChI is InChI=1S/C15H13ClFN5O2S/c1-9-3-6-15(12(16)7-9)25(23,24)19-14-8-11(4-5-13(14)17)22-10(2)18-20-21-22/h3-8,19H,1-2H3. The summed E-state index contributed by atoms with van der Waals surface area (Å²) in [7, 11) is -4.06. The van der Waals surface area contributed by atoms with Crippen molar-refractivity contribution in [2.75, 3.05) is 4.72 Å². The van der Waals surface area contributed by atoms with Gasteiger partial charge in [-0.05, 0) is 60.2 Å². The van der Waals surface area contributed by atoms with E-state index in [1.54, 1.807) is 19.9 Å². The van der Waals surface area contributed by atoms with Crippen LogP contribution in [0.15, 0.2) is 41.3 Å². The number of halogens is 2. The highest BCUT2D eigenvalue weighted by Crippen LogP contribution is 2.27. The molecule has 0 atom stereocenters. The highest BCUT2D eigenvalue weighted by molar-refractivity contribution is 7.92. The number of aromatic nitrogens is 4. The zero-order valence-electron chi connectivity index (χ0n) is 13.2. The first-order valence-corrected chi connectivity index (χ1v) is 8.98. The number of nitrogens with one attached hydrogen (secondary N) is 1. The molecule has 0 radical (unpaired) electrons. The molecule has 25 heavy (non-hydrogen) atoms. The minimum absolute atomic E-state index is 0.0559. The molecule has 3 aromatic rings. The van der Waals surface area contributed by atoms with Crippen molar-refractivity contribution in [2.24, 2.45) is 0 Å². The minimum atomic E-state index is -4.06. The van der Waals surface area contributed by atoms with Gasteiger partial charge in [0.1, 0.15) is 10.7 Å². The number of tetrazole rings is 1. The fraction of sp³-hybridized carbons (Fsp3) is 0.133. The summed E-state index contributed by atoms with van der Waals surface area (Å²) in [6.45, 7) is 3.45. The van der Waals surface area contributed by atoms with Crippen LogP contribution in [0.25, 0.3) is 5.69 Å². The van der Waals surface area contributed by atoms with Gasteiger partial charge in [0.25, 0.3) is 10.0 Å². The maximum atomic E-state index is 14.1. The zero-order valence-corrected chi connectivity index (χ0v) is 14.8. The molecule has 0 saturated heterocycles. The molecule has 7 nitrogen and oxygen atoms in total. The Bertz CT molecular complexity index is 1050. The van der Waals surface area contributed by atoms with Gasteiger partial charge in [0, 0.05) is 0 Å². The average Bonchev–Trinajstić information content (AvgIpc) is 2.95. The Labute approximate surface area is 148 Å². The topological polar surface area (TPSA) is 89.8 Å². The van der Waals surface area contributed by atoms with Crippen molar-refractivity contribution >= 4 is 27.3 Å². The smallest absolute Gasteiger partial charge is 0.263 e. The maximum Gasteiger partial charge on any atom is 0.263 e. The Morgan fingerprint density at radius 1 is 1.16 bits per heavy atom. The fourth-order valence-corrected chi connectivity index (χ4v) is 3.88. The van der Waals surface area contributed by atoms with Gasteiger partial charge >= 0.3 is 0 Å². The maximum absolute atomic E-state index is 14.1. The molecule has 0 saturated carbocycles. The van der Waals surface area contributed by atoms with E-state index in [1.807, 2.05) is 0 Å². The molecule has 0 aliphatic rings. The third-order valence-electron chi connectivity index (χ3n) is 3.44. The van der Waals surface area contributed by atoms with Crippen LogP contribution in [-0.4, -0.2) is 28.6 Å². The highest BCUT2D eigenvalue weighted by Gasteiger charge is 2.20. The highest BCUT2D eigenvalue weighted by atomic mass is 35.5. The second-order valence-corrected chi connectivity index (χ2v) is 7.40. The van der Waals surface area contributed by atoms with Crippen molar-refractivity contribution in [1.29, 1.82) is 0 Å². The number of benzene rings is 2. The van der Waals surface area contributed by atoms with E-state index in [9.17, 15) is 12.8 Å². The minimum Gasteiger partial charge on any atom is -0.277 e. The van der Waals surface area contributed by atoms with E-state index in [4.69, 9.17) is 11.6 Å². The van der Waals surface area contributed by atoms with Crippen molar-refractivity contribution in [3.8, 4) is 5.69 Å². The first-order valence-electron chi connectivity index (χ1n) is 7.12. The predicted molar refractivity (Wildman–Crippen MR) is 90.8 cm³/mol. The molecular formula is C15H13ClFN5O2S. The molecule has 10 heteroatoms. The summed E-state index contributed by atoms with van der Waals surface area (Å²) in [4.78, 5) is -0.136. The molecule has 0 bridgehead atoms. The summed E-state index contributed by atoms with van der Waals surface area (Å²) in [5, 5.41) is 11.1. The zero-order chi connectivity index (χ0) is 18.2. The lowest BCUT2D eigenvalue weighted by atomic mass is 10.2. The number of aryl methyl sites for hydroxylation is 2. The lowest BCUT2D eigenvalue weighted by Gasteiger charge is -2.12. The van der Waals surface area contributed by atoms with Gasteiger partial charge < -0.3 is 0 Å². The summed E-state index contributed by atoms with van der Waals surface area (Å²) in [5.41, 5.74) is 0.993. The van der Waals surface area contributed by atoms with E-state index in [0.29, 0.717) is 11.5 Å². The van der Waals surface area contributed by atoms with Crippen molar-refractivity contribution in [1.82, 2.24) is 20.2 Å². The first-order chi connectivity index (χ1) is 11.8. The third kappa shape index (κ3) is 3.47. The van der Waals surface area contributed by atoms with Crippen LogP contribution in [-0.2, 0) is 10.0 Å². The second-order valence-electron chi connectivity index (χ2n) is 5.34. The van der Waals surface area contributed by atoms with E-state index >= 15 is 0 Å². The van der Waals surface area contributed by atoms with Crippen molar-refractivity contribution in [2.45, 2.75) is 18.7 Å². The Kier molecular flexibility index (Phi) is 4.44. The summed E-state index contributed by atoms with van der Waals surface area (Å²) in [6.07, 6.45) is 0. The van der Waals surface area contributed by atoms with E-state index < -0.39 is 15.8 Å². The molecule has 0 aliphatic carbocycles. The van der Waals surface area contributed by atoms with E-state index in [0.717, 1.165) is 11.6 Å². The number of hydrogen-bond donors (Lipinski definition) is 1. The van der Waals surface area contributed by atoms with Gasteiger partial charge in [-0.3, -0.25) is 4.72 Å². The van der Waals surface area contributed by atoms with Crippen LogP contribution in [0.5, 0.6) is 0 Å². The summed E-state index contributed by atoms with van der Waals surface area (Å²) < 4.78 is 42.8. The van der Waals surface area contributed by atoms with Crippen molar-refractivity contribution in [3.63, 3.8) is 0 Å². The summed E-state index contributed by atoms with van der Waals surface area (Å²) in [6, 6.07) is 8.37. The summed E-state index contributed by atoms with van der Waals surface area (Å²) >= 11 is 6.01. The van der Waals surface area contributed by atoms with Crippen LogP contribution in [0.1, 0.15) is 11.4 Å². The van der Waals surface area contributed by atoms with Crippen LogP contribution < -0.4 is 4.72 Å². The molecule has 1 aromatic heterocycles. The molecule has 2 aromatic carbocycles. The van der Waals surface area contributed by atoms with Crippen LogP contribution >= 0.6 is 11.6 Å². The van der Waals surface area contributed by atoms with Gasteiger partial charge in [-0.25, -0.2) is 12.8 Å². The van der Waals surface area contributed by atoms with Gasteiger partial charge in [-0.15, -0.1) is 5.10 Å². The molecule has 0 unspecified atom stereocenters. The fourth-order valence-electron chi connectivity index (χ4n) is 2.22. The largest absolute Gasteiger partial charge is 0.277 e. The Hall–Kier alpha value is -2.52. The van der Waals surface area contributed by atoms with Crippen LogP contribution in [0.4, 0.5) is 10.1 Å². The normalized spacial score (nSPS) is 11.5. The quantitative estimate of drug-likeness (QED) is 0.750. The molecule has 1 heterocycles. The molecular weight excluding hydrogens is 369 g/mol. The van der Waals surface area contributed by atoms with Crippen molar-refractivity contribution in [3.05, 3.63) is 58.6 Å². The lowest BCUT2D eigenvalue weighted by Crippen LogP contribution is -2.15. The molecule has 1 N–H and O–H groups in total. The van der Waals surface area contributed by atoms with Gasteiger partial charge in [0.05, 0.1) is 16.4 Å². The predicted octanol–water partition coefficient (Wildman–Crippen LogP) is 2.87. The van der Waals surface area contributed by atoms with Crippen molar-refractivity contribution < 1.29 is 12.8 Å². The Morgan fingerprint density at radius 2 is 1.92 bits per heavy atom. The van der Waals surface area contributed by atoms with Crippen LogP contribution in [0.2, 0.25) is 5.02 Å². The molecule has 0 aliphatic heterocycles. The Balaban J connectivity index is 2.01. The van der Waals surface area contributed by atoms with Gasteiger partial charge in [-0.2, -0.15) is 4.68 Å². The SMILES string of the molecule is Cc1ccc(S(=O)(=O)Nc2cc(-n3nnnc3C)ccc2F)c(Cl)c1. The van der Waals surface area contributed by atoms with E-state index in [2.05, 4.69) is 20.2 Å². The average molecular weight is 382 g/mol. The molecule has 130 valence electrons. The van der Waals surface area contributed by atoms with Crippen LogP contribution in [0, 0.1) is 19.7 Å². The third-order valence-corrected chi connectivity index (χ3v) is 5.29. The number of anilines is 1. The molecule has 0 spiro atoms. The number of sulfonamides is 1. The molecule has 3 rings (SSSR count). The van der Waals surface area contributed by atoms with Crippen LogP contribution in [0.3, 0.4) is 0 Å². The molecule has 0 amide bonds. The number of nitrogens with zero attached hydrogens (tertiary/aromatic N) is 4.